The van der Waals surface area contributed by atoms with Crippen molar-refractivity contribution < 1.29 is 18.3 Å². The summed E-state index contributed by atoms with van der Waals surface area (Å²) < 4.78 is 30.3. The molecule has 2 aromatic rings. The zero-order valence-electron chi connectivity index (χ0n) is 12.3. The highest BCUT2D eigenvalue weighted by Crippen LogP contribution is 2.50. The average molecular weight is 383 g/mol. The normalized spacial score (nSPS) is 15.6. The second kappa shape index (κ2) is 4.73. The fourth-order valence-electron chi connectivity index (χ4n) is 2.73. The number of rotatable bonds is 1. The molecule has 4 nitrogen and oxygen atoms in total. The second-order valence-electron chi connectivity index (χ2n) is 5.89. The molecule has 116 valence electrons. The first kappa shape index (κ1) is 15.4. The largest absolute Gasteiger partial charge is 0.507 e. The van der Waals surface area contributed by atoms with Crippen molar-refractivity contribution >= 4 is 25.8 Å². The van der Waals surface area contributed by atoms with Crippen molar-refractivity contribution in [1.29, 1.82) is 0 Å². The number of hydrogen-bond donors (Lipinski definition) is 1. The Kier molecular flexibility index (Phi) is 3.30. The third-order valence-corrected chi connectivity index (χ3v) is 5.32. The molecule has 1 N–H and O–H groups in total. The minimum Gasteiger partial charge on any atom is -0.507 e. The Balaban J connectivity index is 2.38. The quantitative estimate of drug-likeness (QED) is 0.813. The van der Waals surface area contributed by atoms with Gasteiger partial charge in [-0.25, -0.2) is 8.42 Å². The number of sulfone groups is 1. The van der Waals surface area contributed by atoms with E-state index in [-0.39, 0.29) is 10.6 Å². The summed E-state index contributed by atoms with van der Waals surface area (Å²) in [5.74, 6) is 0.571. The zero-order valence-corrected chi connectivity index (χ0v) is 14.7. The van der Waals surface area contributed by atoms with Crippen LogP contribution >= 0.6 is 15.9 Å². The summed E-state index contributed by atoms with van der Waals surface area (Å²) in [5, 5.41) is 10.3. The van der Waals surface area contributed by atoms with E-state index in [0.29, 0.717) is 21.3 Å². The number of benzene rings is 2. The summed E-state index contributed by atoms with van der Waals surface area (Å²) in [7, 11) is -3.33. The Labute approximate surface area is 137 Å². The molecule has 0 radical (unpaired) electrons. The van der Waals surface area contributed by atoms with Crippen LogP contribution in [0.2, 0.25) is 0 Å². The number of halogens is 1. The highest BCUT2D eigenvalue weighted by atomic mass is 79.9. The monoisotopic (exact) mass is 382 g/mol. The van der Waals surface area contributed by atoms with E-state index >= 15 is 0 Å². The lowest BCUT2D eigenvalue weighted by Gasteiger charge is -2.35. The molecule has 0 unspecified atom stereocenters. The van der Waals surface area contributed by atoms with Crippen molar-refractivity contribution in [2.24, 2.45) is 0 Å². The van der Waals surface area contributed by atoms with Crippen LogP contribution in [0.15, 0.2) is 39.7 Å². The molecule has 0 bridgehead atoms. The molecule has 6 heteroatoms. The Morgan fingerprint density at radius 1 is 1.18 bits per heavy atom. The van der Waals surface area contributed by atoms with E-state index in [2.05, 4.69) is 15.9 Å². The van der Waals surface area contributed by atoms with Gasteiger partial charge in [-0.3, -0.25) is 0 Å². The molecule has 0 fully saturated rings. The molecule has 0 spiro atoms. The molecule has 0 atom stereocenters. The smallest absolute Gasteiger partial charge is 0.175 e. The number of aromatic hydroxyl groups is 1. The maximum Gasteiger partial charge on any atom is 0.175 e. The third kappa shape index (κ3) is 2.40. The molecular formula is C16H15BrO4S. The van der Waals surface area contributed by atoms with Gasteiger partial charge in [0, 0.05) is 16.3 Å². The lowest BCUT2D eigenvalue weighted by Crippen LogP contribution is -2.29. The first-order chi connectivity index (χ1) is 10.1. The minimum absolute atomic E-state index is 0.0479. The molecule has 1 aliphatic heterocycles. The molecule has 3 rings (SSSR count). The van der Waals surface area contributed by atoms with Gasteiger partial charge in [0.05, 0.1) is 10.5 Å². The number of phenolic OH excluding ortho intramolecular Hbond substituents is 1. The van der Waals surface area contributed by atoms with Crippen molar-refractivity contribution in [2.45, 2.75) is 24.3 Å². The lowest BCUT2D eigenvalue weighted by molar-refractivity contribution is 0.105. The predicted octanol–water partition coefficient (Wildman–Crippen LogP) is 3.85. The molecule has 1 aliphatic rings. The Bertz CT molecular complexity index is 885. The Hall–Kier alpha value is -1.53. The second-order valence-corrected chi connectivity index (χ2v) is 8.82. The summed E-state index contributed by atoms with van der Waals surface area (Å²) in [4.78, 5) is 0.220. The Morgan fingerprint density at radius 2 is 1.86 bits per heavy atom. The van der Waals surface area contributed by atoms with Crippen molar-refractivity contribution in [3.63, 3.8) is 0 Å². The molecule has 0 amide bonds. The lowest BCUT2D eigenvalue weighted by atomic mass is 9.86. The van der Waals surface area contributed by atoms with Crippen LogP contribution in [-0.2, 0) is 15.4 Å². The number of hydrogen-bond acceptors (Lipinski definition) is 4. The number of phenols is 1. The van der Waals surface area contributed by atoms with Crippen LogP contribution in [0.25, 0.3) is 11.1 Å². The summed E-state index contributed by atoms with van der Waals surface area (Å²) >= 11 is 3.33. The maximum atomic E-state index is 11.8. The van der Waals surface area contributed by atoms with Crippen LogP contribution in [-0.4, -0.2) is 19.8 Å². The molecule has 0 aliphatic carbocycles. The van der Waals surface area contributed by atoms with Gasteiger partial charge in [0.1, 0.15) is 17.1 Å². The highest BCUT2D eigenvalue weighted by molar-refractivity contribution is 9.10. The van der Waals surface area contributed by atoms with Gasteiger partial charge in [-0.05, 0) is 43.7 Å². The predicted molar refractivity (Wildman–Crippen MR) is 88.0 cm³/mol. The van der Waals surface area contributed by atoms with Gasteiger partial charge in [0.25, 0.3) is 0 Å². The fourth-order valence-corrected chi connectivity index (χ4v) is 3.81. The van der Waals surface area contributed by atoms with E-state index < -0.39 is 15.4 Å². The van der Waals surface area contributed by atoms with Crippen molar-refractivity contribution in [3.05, 3.63) is 40.4 Å². The van der Waals surface area contributed by atoms with Crippen LogP contribution in [0.1, 0.15) is 19.4 Å². The van der Waals surface area contributed by atoms with Crippen LogP contribution in [0.4, 0.5) is 0 Å². The van der Waals surface area contributed by atoms with Gasteiger partial charge in [-0.1, -0.05) is 22.0 Å². The topological polar surface area (TPSA) is 63.6 Å². The van der Waals surface area contributed by atoms with E-state index in [0.717, 1.165) is 5.56 Å². The maximum absolute atomic E-state index is 11.8. The molecule has 1 heterocycles. The van der Waals surface area contributed by atoms with Crippen LogP contribution in [0, 0.1) is 0 Å². The third-order valence-electron chi connectivity index (χ3n) is 3.75. The van der Waals surface area contributed by atoms with Gasteiger partial charge in [0.15, 0.2) is 9.84 Å². The van der Waals surface area contributed by atoms with Gasteiger partial charge < -0.3 is 9.84 Å². The molecule has 2 aromatic carbocycles. The van der Waals surface area contributed by atoms with Gasteiger partial charge in [0.2, 0.25) is 0 Å². The first-order valence-corrected chi connectivity index (χ1v) is 9.34. The summed E-state index contributed by atoms with van der Waals surface area (Å²) in [5.41, 5.74) is 1.42. The van der Waals surface area contributed by atoms with Gasteiger partial charge in [-0.15, -0.1) is 0 Å². The van der Waals surface area contributed by atoms with Crippen molar-refractivity contribution in [1.82, 2.24) is 0 Å². The molecule has 22 heavy (non-hydrogen) atoms. The summed E-state index contributed by atoms with van der Waals surface area (Å²) in [6.45, 7) is 3.82. The summed E-state index contributed by atoms with van der Waals surface area (Å²) in [6.07, 6.45) is 1.17. The Morgan fingerprint density at radius 3 is 2.50 bits per heavy atom. The van der Waals surface area contributed by atoms with Crippen molar-refractivity contribution in [3.8, 4) is 22.6 Å². The number of fused-ring (bicyclic) bond motifs is 3. The number of ether oxygens (including phenoxy) is 1. The van der Waals surface area contributed by atoms with Gasteiger partial charge >= 0.3 is 0 Å². The average Bonchev–Trinajstić information content (AvgIpc) is 2.35. The molecule has 0 saturated heterocycles. The highest BCUT2D eigenvalue weighted by Gasteiger charge is 2.34. The van der Waals surface area contributed by atoms with Crippen LogP contribution < -0.4 is 4.74 Å². The van der Waals surface area contributed by atoms with E-state index in [1.807, 2.05) is 13.8 Å². The fraction of sp³-hybridized carbons (Fsp3) is 0.250. The van der Waals surface area contributed by atoms with E-state index in [1.165, 1.54) is 6.26 Å². The first-order valence-electron chi connectivity index (χ1n) is 6.66. The molecule has 0 aromatic heterocycles. The van der Waals surface area contributed by atoms with E-state index in [1.54, 1.807) is 30.3 Å². The standard InChI is InChI=1S/C16H15BrO4S/c1-16(2)12-5-4-10(22(3,19)20)8-11(12)15-13(18)6-9(17)7-14(15)21-16/h4-8,18H,1-3H3. The molecule has 0 saturated carbocycles. The minimum atomic E-state index is -3.33. The van der Waals surface area contributed by atoms with Crippen molar-refractivity contribution in [2.75, 3.05) is 6.26 Å². The van der Waals surface area contributed by atoms with E-state index in [9.17, 15) is 13.5 Å². The molecular weight excluding hydrogens is 368 g/mol. The van der Waals surface area contributed by atoms with Crippen LogP contribution in [0.5, 0.6) is 11.5 Å². The van der Waals surface area contributed by atoms with E-state index in [4.69, 9.17) is 4.74 Å². The summed E-state index contributed by atoms with van der Waals surface area (Å²) in [6, 6.07) is 8.25. The van der Waals surface area contributed by atoms with Gasteiger partial charge in [-0.2, -0.15) is 0 Å². The SMILES string of the molecule is CC1(C)Oc2cc(Br)cc(O)c2-c2cc(S(C)(=O)=O)ccc21. The van der Waals surface area contributed by atoms with Crippen LogP contribution in [0.3, 0.4) is 0 Å². The zero-order chi connectivity index (χ0) is 16.3.